The molecule has 100 heavy (non-hydrogen) atoms. The maximum Gasteiger partial charge on any atom is 0.472 e. The summed E-state index contributed by atoms with van der Waals surface area (Å²) in [6.45, 7) is 4.41. The molecule has 19 heteroatoms. The van der Waals surface area contributed by atoms with Crippen molar-refractivity contribution in [1.82, 2.24) is 0 Å². The number of hydrogen-bond donors (Lipinski definition) is 3. The number of allylic oxidation sites excluding steroid dienone is 23. The van der Waals surface area contributed by atoms with Gasteiger partial charge in [0.25, 0.3) is 0 Å². The fourth-order valence-corrected chi connectivity index (χ4v) is 11.1. The van der Waals surface area contributed by atoms with Crippen LogP contribution < -0.4 is 0 Å². The zero-order valence-corrected chi connectivity index (χ0v) is 63.9. The minimum Gasteiger partial charge on any atom is -0.462 e. The van der Waals surface area contributed by atoms with E-state index >= 15 is 0 Å². The number of aliphatic hydroxyl groups is 1. The summed E-state index contributed by atoms with van der Waals surface area (Å²) in [4.78, 5) is 72.7. The predicted molar refractivity (Wildman–Crippen MR) is 408 cm³/mol. The Balaban J connectivity index is 5.44. The van der Waals surface area contributed by atoms with E-state index in [0.717, 1.165) is 161 Å². The standard InChI is InChI=1S/C81H134O17P2/c1-5-9-13-17-21-25-29-32-35-36-37-38-41-43-47-50-54-58-62-66-79(84)92-72-77(98-81(86)68-64-60-56-52-48-44-40-34-31-27-23-19-15-11-7-3)74-96-100(89,90)94-70-75(82)69-93-99(87,88)95-73-76(97-80(85)67-63-59-55-51-45-28-24-20-16-12-8-4)71-91-78(83)65-61-57-53-49-46-42-39-33-30-26-22-18-14-10-6-2/h9-10,13-14,20-22,24-26,32-35,37-40,43,46-47,49,57,61,75-77,82H,5-8,11-12,15-19,23,27-31,36,41-42,44-45,48,50-56,58-60,62-74H2,1-4H3,(H,87,88)(H,89,90)/b13-9-,14-10-,24-20-,25-21-,26-22-,35-32-,38-37-,39-33-,40-34-,47-43-,49-46-,61-57-. The van der Waals surface area contributed by atoms with E-state index in [4.69, 9.17) is 37.0 Å². The van der Waals surface area contributed by atoms with E-state index in [1.165, 1.54) is 44.9 Å². The van der Waals surface area contributed by atoms with Crippen molar-refractivity contribution in [3.05, 3.63) is 146 Å². The van der Waals surface area contributed by atoms with Crippen molar-refractivity contribution in [3.8, 4) is 0 Å². The average molecular weight is 1440 g/mol. The van der Waals surface area contributed by atoms with E-state index in [0.29, 0.717) is 25.7 Å². The summed E-state index contributed by atoms with van der Waals surface area (Å²) in [7, 11) is -9.99. The summed E-state index contributed by atoms with van der Waals surface area (Å²) in [6.07, 6.45) is 81.6. The first-order valence-corrected chi connectivity index (χ1v) is 41.1. The molecule has 0 rings (SSSR count). The van der Waals surface area contributed by atoms with Gasteiger partial charge in [0.2, 0.25) is 0 Å². The van der Waals surface area contributed by atoms with Crippen molar-refractivity contribution in [2.75, 3.05) is 39.6 Å². The average Bonchev–Trinajstić information content (AvgIpc) is 0.985. The smallest absolute Gasteiger partial charge is 0.462 e. The number of phosphoric ester groups is 2. The minimum absolute atomic E-state index is 0.0605. The second kappa shape index (κ2) is 72.3. The van der Waals surface area contributed by atoms with Crippen molar-refractivity contribution in [2.24, 2.45) is 0 Å². The van der Waals surface area contributed by atoms with Gasteiger partial charge in [-0.05, 0) is 141 Å². The maximum absolute atomic E-state index is 13.1. The molecule has 0 spiro atoms. The third-order valence-electron chi connectivity index (χ3n) is 15.3. The largest absolute Gasteiger partial charge is 0.472 e. The Morgan fingerprint density at radius 3 is 0.940 bits per heavy atom. The first-order valence-electron chi connectivity index (χ1n) is 38.1. The lowest BCUT2D eigenvalue weighted by Gasteiger charge is -2.21. The molecule has 0 saturated carbocycles. The molecule has 0 saturated heterocycles. The third-order valence-corrected chi connectivity index (χ3v) is 17.2. The number of rotatable bonds is 70. The Kier molecular flexibility index (Phi) is 68.6. The number of ether oxygens (including phenoxy) is 4. The van der Waals surface area contributed by atoms with Crippen LogP contribution in [0.4, 0.5) is 0 Å². The minimum atomic E-state index is -5.00. The van der Waals surface area contributed by atoms with Gasteiger partial charge in [-0.15, -0.1) is 0 Å². The number of unbranched alkanes of at least 4 members (excludes halogenated alkanes) is 21. The van der Waals surface area contributed by atoms with Gasteiger partial charge >= 0.3 is 39.5 Å². The van der Waals surface area contributed by atoms with Crippen molar-refractivity contribution >= 4 is 39.5 Å². The van der Waals surface area contributed by atoms with Crippen LogP contribution in [-0.4, -0.2) is 96.7 Å². The summed E-state index contributed by atoms with van der Waals surface area (Å²) < 4.78 is 68.3. The van der Waals surface area contributed by atoms with Crippen molar-refractivity contribution in [2.45, 2.75) is 303 Å². The van der Waals surface area contributed by atoms with Crippen LogP contribution >= 0.6 is 15.6 Å². The molecule has 3 N–H and O–H groups in total. The molecule has 0 aliphatic heterocycles. The molecular weight excluding hydrogens is 1310 g/mol. The van der Waals surface area contributed by atoms with E-state index in [-0.39, 0.29) is 25.7 Å². The lowest BCUT2D eigenvalue weighted by molar-refractivity contribution is -0.161. The van der Waals surface area contributed by atoms with E-state index in [9.17, 15) is 43.2 Å². The molecule has 0 aromatic heterocycles. The summed E-state index contributed by atoms with van der Waals surface area (Å²) in [5, 5.41) is 10.6. The zero-order chi connectivity index (χ0) is 73.2. The highest BCUT2D eigenvalue weighted by Crippen LogP contribution is 2.45. The van der Waals surface area contributed by atoms with Crippen LogP contribution in [0, 0.1) is 0 Å². The van der Waals surface area contributed by atoms with Crippen LogP contribution in [0.1, 0.15) is 285 Å². The number of aliphatic hydroxyl groups excluding tert-OH is 1. The second-order valence-electron chi connectivity index (χ2n) is 24.8. The van der Waals surface area contributed by atoms with Crippen LogP contribution in [0.25, 0.3) is 0 Å². The van der Waals surface area contributed by atoms with Gasteiger partial charge in [0, 0.05) is 19.3 Å². The highest BCUT2D eigenvalue weighted by atomic mass is 31.2. The summed E-state index contributed by atoms with van der Waals surface area (Å²) in [5.74, 6) is -2.39. The molecule has 0 aromatic rings. The number of carbonyl (C=O) groups is 4. The van der Waals surface area contributed by atoms with Crippen LogP contribution in [-0.2, 0) is 65.4 Å². The monoisotopic (exact) mass is 1440 g/mol. The molecule has 0 amide bonds. The zero-order valence-electron chi connectivity index (χ0n) is 62.1. The van der Waals surface area contributed by atoms with Gasteiger partial charge < -0.3 is 33.8 Å². The first kappa shape index (κ1) is 94.9. The molecule has 0 aliphatic rings. The van der Waals surface area contributed by atoms with Crippen molar-refractivity contribution in [1.29, 1.82) is 0 Å². The second-order valence-corrected chi connectivity index (χ2v) is 27.7. The Morgan fingerprint density at radius 1 is 0.300 bits per heavy atom. The van der Waals surface area contributed by atoms with Crippen molar-refractivity contribution < 1.29 is 80.2 Å². The Labute approximate surface area is 605 Å². The number of hydrogen-bond acceptors (Lipinski definition) is 15. The molecule has 17 nitrogen and oxygen atoms in total. The molecule has 570 valence electrons. The molecule has 0 radical (unpaired) electrons. The Bertz CT molecular complexity index is 2470. The van der Waals surface area contributed by atoms with E-state index in [1.807, 2.05) is 18.2 Å². The van der Waals surface area contributed by atoms with Gasteiger partial charge in [-0.3, -0.25) is 37.3 Å². The Morgan fingerprint density at radius 2 is 0.570 bits per heavy atom. The Hall–Kier alpha value is -5.06. The highest BCUT2D eigenvalue weighted by Gasteiger charge is 2.30. The maximum atomic E-state index is 13.1. The highest BCUT2D eigenvalue weighted by molar-refractivity contribution is 7.47. The van der Waals surface area contributed by atoms with Crippen LogP contribution in [0.5, 0.6) is 0 Å². The third kappa shape index (κ3) is 71.3. The van der Waals surface area contributed by atoms with Gasteiger partial charge in [0.15, 0.2) is 12.2 Å². The molecule has 0 aromatic carbocycles. The van der Waals surface area contributed by atoms with Gasteiger partial charge in [-0.2, -0.15) is 0 Å². The molecule has 0 heterocycles. The lowest BCUT2D eigenvalue weighted by atomic mass is 10.1. The normalized spacial score (nSPS) is 14.8. The number of esters is 4. The number of carbonyl (C=O) groups excluding carboxylic acids is 4. The van der Waals surface area contributed by atoms with Gasteiger partial charge in [0.05, 0.1) is 32.8 Å². The predicted octanol–water partition coefficient (Wildman–Crippen LogP) is 21.9. The lowest BCUT2D eigenvalue weighted by Crippen LogP contribution is -2.30. The summed E-state index contributed by atoms with van der Waals surface area (Å²) in [5.41, 5.74) is 0. The first-order chi connectivity index (χ1) is 48.7. The summed E-state index contributed by atoms with van der Waals surface area (Å²) in [6, 6.07) is 0. The number of phosphoric acid groups is 2. The van der Waals surface area contributed by atoms with E-state index < -0.39 is 97.5 Å². The molecule has 0 bridgehead atoms. The molecular formula is C81H134O17P2. The molecule has 5 atom stereocenters. The molecule has 0 fully saturated rings. The van der Waals surface area contributed by atoms with Gasteiger partial charge in [0.1, 0.15) is 19.3 Å². The fraction of sp³-hybridized carbons (Fsp3) is 0.654. The van der Waals surface area contributed by atoms with E-state index in [2.05, 4.69) is 149 Å². The van der Waals surface area contributed by atoms with Gasteiger partial charge in [-0.1, -0.05) is 263 Å². The SMILES string of the molecule is CC/C=C\C/C=C\C/C=C\C/C=C\C/C=C\CCCCCC(=O)OCC(COP(=O)(O)OCC(O)COP(=O)(O)OCC(COC(=O)C/C=C\C/C=C\C/C=C\C/C=C\C/C=C\CC)OC(=O)CCCCCCC/C=C\CCCC)OC(=O)CCCCCCC/C=C\CCCCCCCC. The van der Waals surface area contributed by atoms with Gasteiger partial charge in [-0.25, -0.2) is 9.13 Å². The quantitative estimate of drug-likeness (QED) is 0.0169. The van der Waals surface area contributed by atoms with Crippen LogP contribution in [0.15, 0.2) is 146 Å². The molecule has 5 unspecified atom stereocenters. The topological polar surface area (TPSA) is 237 Å². The molecule has 0 aliphatic carbocycles. The van der Waals surface area contributed by atoms with Crippen LogP contribution in [0.3, 0.4) is 0 Å². The fourth-order valence-electron chi connectivity index (χ4n) is 9.53. The summed E-state index contributed by atoms with van der Waals surface area (Å²) >= 11 is 0. The van der Waals surface area contributed by atoms with Crippen LogP contribution in [0.2, 0.25) is 0 Å². The van der Waals surface area contributed by atoms with E-state index in [1.54, 1.807) is 6.08 Å². The van der Waals surface area contributed by atoms with Crippen molar-refractivity contribution in [3.63, 3.8) is 0 Å².